The summed E-state index contributed by atoms with van der Waals surface area (Å²) in [5, 5.41) is 10.4. The van der Waals surface area contributed by atoms with Gasteiger partial charge in [-0.3, -0.25) is 19.1 Å². The zero-order chi connectivity index (χ0) is 20.4. The number of nitrogens with one attached hydrogen (secondary N) is 2. The minimum Gasteiger partial charge on any atom is -0.384 e. The van der Waals surface area contributed by atoms with Crippen LogP contribution >= 0.6 is 11.6 Å². The van der Waals surface area contributed by atoms with E-state index in [9.17, 15) is 9.59 Å². The fourth-order valence-corrected chi connectivity index (χ4v) is 3.14. The molecule has 28 heavy (non-hydrogen) atoms. The van der Waals surface area contributed by atoms with E-state index < -0.39 is 0 Å². The summed E-state index contributed by atoms with van der Waals surface area (Å²) in [6.07, 6.45) is 2.64. The molecule has 0 radical (unpaired) electrons. The molecule has 0 bridgehead atoms. The van der Waals surface area contributed by atoms with E-state index in [1.807, 2.05) is 6.07 Å². The van der Waals surface area contributed by atoms with Crippen LogP contribution in [0.15, 0.2) is 47.4 Å². The maximum atomic E-state index is 12.6. The zero-order valence-corrected chi connectivity index (χ0v) is 16.0. The van der Waals surface area contributed by atoms with Crippen molar-refractivity contribution in [3.8, 4) is 22.3 Å². The lowest BCUT2D eigenvalue weighted by Crippen LogP contribution is -2.23. The van der Waals surface area contributed by atoms with Crippen LogP contribution in [-0.2, 0) is 7.05 Å². The average Bonchev–Trinajstić information content (AvgIpc) is 2.72. The van der Waals surface area contributed by atoms with Crippen molar-refractivity contribution in [1.82, 2.24) is 14.9 Å². The Bertz CT molecular complexity index is 1150. The monoisotopic (exact) mass is 395 g/mol. The van der Waals surface area contributed by atoms with Crippen LogP contribution < -0.4 is 16.6 Å². The lowest BCUT2D eigenvalue weighted by atomic mass is 10.00. The Hall–Kier alpha value is -3.45. The van der Waals surface area contributed by atoms with Crippen LogP contribution in [0.2, 0.25) is 5.02 Å². The van der Waals surface area contributed by atoms with Gasteiger partial charge in [-0.1, -0.05) is 23.7 Å². The van der Waals surface area contributed by atoms with Gasteiger partial charge in [0.25, 0.3) is 11.5 Å². The van der Waals surface area contributed by atoms with Gasteiger partial charge in [-0.2, -0.15) is 0 Å². The first-order chi connectivity index (χ1) is 13.4. The first kappa shape index (κ1) is 19.3. The summed E-state index contributed by atoms with van der Waals surface area (Å²) < 4.78 is 1.29. The molecule has 0 spiro atoms. The Morgan fingerprint density at radius 2 is 1.93 bits per heavy atom. The fourth-order valence-electron chi connectivity index (χ4n) is 2.86. The van der Waals surface area contributed by atoms with E-state index in [1.54, 1.807) is 43.6 Å². The molecule has 1 amide bonds. The third-order valence-corrected chi connectivity index (χ3v) is 4.77. The highest BCUT2D eigenvalue weighted by atomic mass is 35.5. The Morgan fingerprint density at radius 3 is 2.57 bits per heavy atom. The molecule has 0 saturated carbocycles. The normalized spacial score (nSPS) is 10.5. The number of pyridine rings is 2. The summed E-state index contributed by atoms with van der Waals surface area (Å²) in [6, 6.07) is 10.3. The van der Waals surface area contributed by atoms with Gasteiger partial charge in [0, 0.05) is 48.2 Å². The molecule has 2 aromatic heterocycles. The standard InChI is InChI=1S/C20H18ClN5O2/c1-24-19(27)17-9-12(5-6-25-17)11-3-4-14(16(21)8-11)15-7-13(10-22)18(23)26(2)20(15)28/h3-10,22H,23H2,1-2H3,(H,24,27). The summed E-state index contributed by atoms with van der Waals surface area (Å²) in [5.41, 5.74) is 8.73. The molecule has 3 rings (SSSR count). The molecular formula is C20H18ClN5O2. The Labute approximate surface area is 166 Å². The van der Waals surface area contributed by atoms with Gasteiger partial charge in [0.1, 0.15) is 11.5 Å². The SMILES string of the molecule is CNC(=O)c1cc(-c2ccc(-c3cc(C=N)c(N)n(C)c3=O)c(Cl)c2)ccn1. The Morgan fingerprint density at radius 1 is 1.21 bits per heavy atom. The molecule has 0 saturated heterocycles. The minimum absolute atomic E-state index is 0.218. The molecular weight excluding hydrogens is 378 g/mol. The second-order valence-corrected chi connectivity index (χ2v) is 6.52. The van der Waals surface area contributed by atoms with Crippen molar-refractivity contribution in [2.75, 3.05) is 12.8 Å². The molecule has 0 atom stereocenters. The van der Waals surface area contributed by atoms with Crippen molar-refractivity contribution in [2.45, 2.75) is 0 Å². The largest absolute Gasteiger partial charge is 0.384 e. The van der Waals surface area contributed by atoms with E-state index in [-0.39, 0.29) is 17.3 Å². The predicted octanol–water partition coefficient (Wildman–Crippen LogP) is 2.71. The van der Waals surface area contributed by atoms with E-state index in [2.05, 4.69) is 10.3 Å². The van der Waals surface area contributed by atoms with Crippen LogP contribution in [0.4, 0.5) is 5.82 Å². The van der Waals surface area contributed by atoms with E-state index in [0.717, 1.165) is 17.3 Å². The van der Waals surface area contributed by atoms with E-state index in [4.69, 9.17) is 22.7 Å². The quantitative estimate of drug-likeness (QED) is 0.589. The van der Waals surface area contributed by atoms with Crippen molar-refractivity contribution in [3.63, 3.8) is 0 Å². The van der Waals surface area contributed by atoms with Crippen LogP contribution in [0.25, 0.3) is 22.3 Å². The second-order valence-electron chi connectivity index (χ2n) is 6.11. The van der Waals surface area contributed by atoms with Gasteiger partial charge in [0.15, 0.2) is 0 Å². The smallest absolute Gasteiger partial charge is 0.269 e. The summed E-state index contributed by atoms with van der Waals surface area (Å²) in [4.78, 5) is 28.5. The first-order valence-electron chi connectivity index (χ1n) is 8.35. The van der Waals surface area contributed by atoms with Crippen LogP contribution in [0.3, 0.4) is 0 Å². The van der Waals surface area contributed by atoms with Crippen LogP contribution in [0.5, 0.6) is 0 Å². The lowest BCUT2D eigenvalue weighted by Gasteiger charge is -2.12. The van der Waals surface area contributed by atoms with Gasteiger partial charge in [-0.15, -0.1) is 0 Å². The number of aromatic nitrogens is 2. The highest BCUT2D eigenvalue weighted by Gasteiger charge is 2.15. The number of amides is 1. The molecule has 0 aliphatic heterocycles. The number of nitrogen functional groups attached to an aromatic ring is 1. The number of nitrogens with two attached hydrogens (primary N) is 1. The summed E-state index contributed by atoms with van der Waals surface area (Å²) in [6.45, 7) is 0. The van der Waals surface area contributed by atoms with Crippen molar-refractivity contribution >= 4 is 29.5 Å². The highest BCUT2D eigenvalue weighted by Crippen LogP contribution is 2.31. The molecule has 0 fully saturated rings. The van der Waals surface area contributed by atoms with Gasteiger partial charge < -0.3 is 16.5 Å². The maximum Gasteiger partial charge on any atom is 0.269 e. The molecule has 0 aliphatic rings. The molecule has 0 aliphatic carbocycles. The number of rotatable bonds is 4. The van der Waals surface area contributed by atoms with Crippen LogP contribution in [0.1, 0.15) is 16.1 Å². The van der Waals surface area contributed by atoms with Crippen molar-refractivity contribution in [1.29, 1.82) is 5.41 Å². The number of anilines is 1. The van der Waals surface area contributed by atoms with Gasteiger partial charge in [-0.05, 0) is 35.4 Å². The van der Waals surface area contributed by atoms with E-state index in [1.165, 1.54) is 11.6 Å². The topological polar surface area (TPSA) is 114 Å². The van der Waals surface area contributed by atoms with Crippen LogP contribution in [0, 0.1) is 5.41 Å². The molecule has 142 valence electrons. The summed E-state index contributed by atoms with van der Waals surface area (Å²) in [7, 11) is 3.09. The van der Waals surface area contributed by atoms with E-state index >= 15 is 0 Å². The van der Waals surface area contributed by atoms with E-state index in [0.29, 0.717) is 27.4 Å². The lowest BCUT2D eigenvalue weighted by molar-refractivity contribution is 0.0958. The maximum absolute atomic E-state index is 12.6. The van der Waals surface area contributed by atoms with Gasteiger partial charge in [-0.25, -0.2) is 0 Å². The molecule has 8 heteroatoms. The van der Waals surface area contributed by atoms with Gasteiger partial charge in [0.05, 0.1) is 0 Å². The molecule has 1 aromatic carbocycles. The van der Waals surface area contributed by atoms with Crippen LogP contribution in [-0.4, -0.2) is 28.7 Å². The highest BCUT2D eigenvalue weighted by molar-refractivity contribution is 6.33. The molecule has 2 heterocycles. The number of hydrogen-bond donors (Lipinski definition) is 3. The molecule has 4 N–H and O–H groups in total. The third-order valence-electron chi connectivity index (χ3n) is 4.46. The van der Waals surface area contributed by atoms with Crippen molar-refractivity contribution < 1.29 is 4.79 Å². The molecule has 7 nitrogen and oxygen atoms in total. The Kier molecular flexibility index (Phi) is 5.28. The average molecular weight is 396 g/mol. The number of nitrogens with zero attached hydrogens (tertiary/aromatic N) is 2. The number of carbonyl (C=O) groups excluding carboxylic acids is 1. The second kappa shape index (κ2) is 7.66. The number of benzene rings is 1. The minimum atomic E-state index is -0.302. The fraction of sp³-hybridized carbons (Fsp3) is 0.100. The number of carbonyl (C=O) groups is 1. The first-order valence-corrected chi connectivity index (χ1v) is 8.73. The van der Waals surface area contributed by atoms with Crippen molar-refractivity contribution in [3.05, 3.63) is 69.2 Å². The summed E-state index contributed by atoms with van der Waals surface area (Å²) >= 11 is 6.47. The molecule has 0 unspecified atom stereocenters. The zero-order valence-electron chi connectivity index (χ0n) is 15.3. The summed E-state index contributed by atoms with van der Waals surface area (Å²) in [5.74, 6) is -0.0656. The van der Waals surface area contributed by atoms with Gasteiger partial charge >= 0.3 is 0 Å². The number of halogens is 1. The Balaban J connectivity index is 2.10. The van der Waals surface area contributed by atoms with Crippen molar-refractivity contribution in [2.24, 2.45) is 7.05 Å². The molecule has 3 aromatic rings. The third kappa shape index (κ3) is 3.39. The predicted molar refractivity (Wildman–Crippen MR) is 111 cm³/mol. The van der Waals surface area contributed by atoms with Gasteiger partial charge in [0.2, 0.25) is 0 Å². The number of hydrogen-bond acceptors (Lipinski definition) is 5.